The Morgan fingerprint density at radius 3 is 2.06 bits per heavy atom. The van der Waals surface area contributed by atoms with Crippen LogP contribution in [0.3, 0.4) is 0 Å². The van der Waals surface area contributed by atoms with Gasteiger partial charge in [-0.2, -0.15) is 0 Å². The molecule has 1 unspecified atom stereocenters. The number of unbranched alkanes of at least 4 members (excludes halogenated alkanes) is 1. The molecular weight excluding hydrogens is 368 g/mol. The summed E-state index contributed by atoms with van der Waals surface area (Å²) >= 11 is 6.06. The minimum atomic E-state index is -0.803. The van der Waals surface area contributed by atoms with E-state index in [-0.39, 0.29) is 11.4 Å². The van der Waals surface area contributed by atoms with E-state index in [1.165, 1.54) is 0 Å². The fourth-order valence-corrected chi connectivity index (χ4v) is 0.901. The zero-order chi connectivity index (χ0) is 14.8. The minimum Gasteiger partial charge on any atom is -0.480 e. The van der Waals surface area contributed by atoms with E-state index in [1.807, 2.05) is 20.8 Å². The number of carbonyl (C=O) groups is 2. The third kappa shape index (κ3) is 12.4. The maximum absolute atomic E-state index is 10.4. The normalized spacial score (nSPS) is 12.1. The van der Waals surface area contributed by atoms with Crippen LogP contribution in [0.15, 0.2) is 0 Å². The highest BCUT2D eigenvalue weighted by molar-refractivity contribution is 9.10. The highest BCUT2D eigenvalue weighted by Gasteiger charge is 2.27. The van der Waals surface area contributed by atoms with Gasteiger partial charge in [-0.05, 0) is 11.8 Å². The molecule has 0 bridgehead atoms. The van der Waals surface area contributed by atoms with E-state index in [4.69, 9.17) is 9.84 Å². The molecule has 1 N–H and O–H groups in total. The second-order valence-electron chi connectivity index (χ2n) is 4.77. The maximum Gasteiger partial charge on any atom is 0.317 e. The van der Waals surface area contributed by atoms with Crippen molar-refractivity contribution < 1.29 is 19.4 Å². The van der Waals surface area contributed by atoms with Gasteiger partial charge in [0.2, 0.25) is 0 Å². The smallest absolute Gasteiger partial charge is 0.317 e. The molecule has 0 aromatic rings. The molecule has 1 atom stereocenters. The van der Waals surface area contributed by atoms with Crippen molar-refractivity contribution in [1.29, 1.82) is 0 Å². The maximum atomic E-state index is 10.4. The van der Waals surface area contributed by atoms with E-state index in [0.717, 1.165) is 12.8 Å². The van der Waals surface area contributed by atoms with Crippen LogP contribution < -0.4 is 0 Å². The average molecular weight is 390 g/mol. The molecule has 0 aliphatic carbocycles. The number of halogens is 2. The summed E-state index contributed by atoms with van der Waals surface area (Å²) in [7, 11) is 0. The SMILES string of the molecule is CC(C)(C)C(Br)C(=O)O.CCCCOC(=O)CBr. The number of hydrogen-bond donors (Lipinski definition) is 1. The summed E-state index contributed by atoms with van der Waals surface area (Å²) < 4.78 is 4.75. The molecule has 0 aromatic heterocycles. The molecule has 0 radical (unpaired) electrons. The Bertz CT molecular complexity index is 249. The second kappa shape index (κ2) is 10.8. The summed E-state index contributed by atoms with van der Waals surface area (Å²) in [6.45, 7) is 8.24. The van der Waals surface area contributed by atoms with Crippen LogP contribution in [0.1, 0.15) is 40.5 Å². The molecule has 0 spiro atoms. The molecule has 6 heteroatoms. The van der Waals surface area contributed by atoms with E-state index in [1.54, 1.807) is 0 Å². The van der Waals surface area contributed by atoms with Gasteiger partial charge in [0.05, 0.1) is 6.61 Å². The molecule has 0 fully saturated rings. The molecule has 0 saturated heterocycles. The van der Waals surface area contributed by atoms with Crippen molar-refractivity contribution in [1.82, 2.24) is 0 Å². The topological polar surface area (TPSA) is 63.6 Å². The van der Waals surface area contributed by atoms with E-state index in [9.17, 15) is 9.59 Å². The van der Waals surface area contributed by atoms with Crippen molar-refractivity contribution in [3.05, 3.63) is 0 Å². The van der Waals surface area contributed by atoms with Crippen molar-refractivity contribution in [3.63, 3.8) is 0 Å². The van der Waals surface area contributed by atoms with Crippen LogP contribution in [0.25, 0.3) is 0 Å². The van der Waals surface area contributed by atoms with Crippen molar-refractivity contribution in [2.24, 2.45) is 5.41 Å². The van der Waals surface area contributed by atoms with Crippen molar-refractivity contribution in [2.75, 3.05) is 11.9 Å². The quantitative estimate of drug-likeness (QED) is 0.443. The van der Waals surface area contributed by atoms with Crippen molar-refractivity contribution >= 4 is 43.8 Å². The Labute approximate surface area is 126 Å². The lowest BCUT2D eigenvalue weighted by Crippen LogP contribution is -2.28. The van der Waals surface area contributed by atoms with Gasteiger partial charge in [0.15, 0.2) is 0 Å². The number of carbonyl (C=O) groups excluding carboxylic acids is 1. The van der Waals surface area contributed by atoms with Crippen LogP contribution in [-0.2, 0) is 14.3 Å². The number of rotatable bonds is 5. The number of carboxylic acid groups (broad SMARTS) is 1. The molecule has 0 aliphatic heterocycles. The van der Waals surface area contributed by atoms with Gasteiger partial charge in [-0.3, -0.25) is 9.59 Å². The minimum absolute atomic E-state index is 0.177. The monoisotopic (exact) mass is 388 g/mol. The molecule has 0 amide bonds. The molecule has 18 heavy (non-hydrogen) atoms. The third-order valence-corrected chi connectivity index (χ3v) is 4.07. The number of hydrogen-bond acceptors (Lipinski definition) is 3. The number of esters is 1. The summed E-state index contributed by atoms with van der Waals surface area (Å²) in [6.07, 6.45) is 2.02. The predicted octanol–water partition coefficient (Wildman–Crippen LogP) is 3.61. The average Bonchev–Trinajstić information content (AvgIpc) is 2.27. The first-order valence-corrected chi connectivity index (χ1v) is 7.79. The summed E-state index contributed by atoms with van der Waals surface area (Å²) in [5, 5.41) is 8.77. The molecular formula is C12H22Br2O4. The van der Waals surface area contributed by atoms with Gasteiger partial charge in [-0.25, -0.2) is 0 Å². The molecule has 0 aliphatic rings. The van der Waals surface area contributed by atoms with Crippen LogP contribution in [0, 0.1) is 5.41 Å². The second-order valence-corrected chi connectivity index (χ2v) is 6.25. The van der Waals surface area contributed by atoms with Gasteiger partial charge in [0, 0.05) is 0 Å². The molecule has 0 aromatic carbocycles. The van der Waals surface area contributed by atoms with Crippen LogP contribution in [0.2, 0.25) is 0 Å². The zero-order valence-electron chi connectivity index (χ0n) is 11.3. The number of aliphatic carboxylic acids is 1. The summed E-state index contributed by atoms with van der Waals surface area (Å²) in [6, 6.07) is 0. The Balaban J connectivity index is 0. The molecule has 0 saturated carbocycles. The summed E-state index contributed by atoms with van der Waals surface area (Å²) in [5.74, 6) is -0.981. The van der Waals surface area contributed by atoms with Gasteiger partial charge in [0.25, 0.3) is 0 Å². The highest BCUT2D eigenvalue weighted by Crippen LogP contribution is 2.25. The first-order valence-electron chi connectivity index (χ1n) is 5.75. The van der Waals surface area contributed by atoms with Gasteiger partial charge in [0.1, 0.15) is 10.2 Å². The van der Waals surface area contributed by atoms with Gasteiger partial charge in [-0.1, -0.05) is 66.0 Å². The fraction of sp³-hybridized carbons (Fsp3) is 0.833. The number of alkyl halides is 2. The Morgan fingerprint density at radius 1 is 1.33 bits per heavy atom. The fourth-order valence-electron chi connectivity index (χ4n) is 0.739. The summed E-state index contributed by atoms with van der Waals surface area (Å²) in [4.78, 5) is 20.3. The standard InChI is InChI=1S/2C6H11BrO2/c1-6(2,3)4(7)5(8)9;1-2-3-4-9-6(8)5-7/h4H,1-3H3,(H,8,9);2-5H2,1H3. The summed E-state index contributed by atoms with van der Waals surface area (Å²) in [5.41, 5.74) is -0.203. The lowest BCUT2D eigenvalue weighted by Gasteiger charge is -2.20. The first kappa shape index (κ1) is 20.2. The largest absolute Gasteiger partial charge is 0.480 e. The van der Waals surface area contributed by atoms with E-state index < -0.39 is 10.8 Å². The van der Waals surface area contributed by atoms with Gasteiger partial charge < -0.3 is 9.84 Å². The first-order chi connectivity index (χ1) is 8.16. The van der Waals surface area contributed by atoms with Gasteiger partial charge in [-0.15, -0.1) is 0 Å². The van der Waals surface area contributed by atoms with Crippen LogP contribution in [-0.4, -0.2) is 33.8 Å². The number of ether oxygens (including phenoxy) is 1. The number of carboxylic acids is 1. The van der Waals surface area contributed by atoms with E-state index >= 15 is 0 Å². The Kier molecular flexibility index (Phi) is 12.1. The lowest BCUT2D eigenvalue weighted by molar-refractivity contribution is -0.140. The highest BCUT2D eigenvalue weighted by atomic mass is 79.9. The zero-order valence-corrected chi connectivity index (χ0v) is 14.5. The van der Waals surface area contributed by atoms with E-state index in [0.29, 0.717) is 11.9 Å². The Hall–Kier alpha value is -0.100. The lowest BCUT2D eigenvalue weighted by atomic mass is 9.92. The third-order valence-electron chi connectivity index (χ3n) is 1.85. The van der Waals surface area contributed by atoms with Crippen molar-refractivity contribution in [3.8, 4) is 0 Å². The molecule has 108 valence electrons. The van der Waals surface area contributed by atoms with E-state index in [2.05, 4.69) is 38.8 Å². The molecule has 4 nitrogen and oxygen atoms in total. The Morgan fingerprint density at radius 2 is 1.83 bits per heavy atom. The van der Waals surface area contributed by atoms with Crippen molar-refractivity contribution in [2.45, 2.75) is 45.4 Å². The predicted molar refractivity (Wildman–Crippen MR) is 79.5 cm³/mol. The van der Waals surface area contributed by atoms with Crippen LogP contribution in [0.4, 0.5) is 0 Å². The molecule has 0 heterocycles. The van der Waals surface area contributed by atoms with Gasteiger partial charge >= 0.3 is 11.9 Å². The molecule has 0 rings (SSSR count). The van der Waals surface area contributed by atoms with Crippen LogP contribution in [0.5, 0.6) is 0 Å². The van der Waals surface area contributed by atoms with Crippen LogP contribution >= 0.6 is 31.9 Å².